The van der Waals surface area contributed by atoms with E-state index in [2.05, 4.69) is 5.32 Å². The smallest absolute Gasteiger partial charge is 0.233 e. The van der Waals surface area contributed by atoms with Crippen LogP contribution in [0.3, 0.4) is 0 Å². The van der Waals surface area contributed by atoms with E-state index >= 15 is 0 Å². The van der Waals surface area contributed by atoms with Crippen molar-refractivity contribution in [1.29, 1.82) is 0 Å². The van der Waals surface area contributed by atoms with Gasteiger partial charge in [-0.1, -0.05) is 26.1 Å². The quantitative estimate of drug-likeness (QED) is 0.651. The molecule has 3 N–H and O–H groups in total. The molecule has 0 aromatic heterocycles. The zero-order chi connectivity index (χ0) is 13.5. The highest BCUT2D eigenvalue weighted by Crippen LogP contribution is 2.27. The molecule has 0 rings (SSSR count). The first-order valence-electron chi connectivity index (χ1n) is 6.14. The van der Waals surface area contributed by atoms with Gasteiger partial charge in [0.2, 0.25) is 5.91 Å². The van der Waals surface area contributed by atoms with Gasteiger partial charge >= 0.3 is 0 Å². The molecule has 0 bridgehead atoms. The fraction of sp³-hybridized carbons (Fsp3) is 0.833. The molecule has 0 spiro atoms. The zero-order valence-corrected chi connectivity index (χ0v) is 12.0. The van der Waals surface area contributed by atoms with Crippen LogP contribution in [0.1, 0.15) is 40.5 Å². The summed E-state index contributed by atoms with van der Waals surface area (Å²) >= 11 is 5.02. The van der Waals surface area contributed by atoms with Crippen LogP contribution in [0, 0.1) is 5.41 Å². The minimum absolute atomic E-state index is 0.00158. The highest BCUT2D eigenvalue weighted by molar-refractivity contribution is 7.80. The van der Waals surface area contributed by atoms with Crippen molar-refractivity contribution in [3.63, 3.8) is 0 Å². The zero-order valence-electron chi connectivity index (χ0n) is 11.2. The van der Waals surface area contributed by atoms with Crippen LogP contribution in [-0.2, 0) is 9.53 Å². The maximum Gasteiger partial charge on any atom is 0.233 e. The number of rotatable bonds is 8. The lowest BCUT2D eigenvalue weighted by atomic mass is 9.81. The third-order valence-corrected chi connectivity index (χ3v) is 3.51. The van der Waals surface area contributed by atoms with Gasteiger partial charge in [-0.3, -0.25) is 4.79 Å². The van der Waals surface area contributed by atoms with Crippen LogP contribution in [-0.4, -0.2) is 30.2 Å². The minimum Gasteiger partial charge on any atom is -0.392 e. The van der Waals surface area contributed by atoms with Gasteiger partial charge in [0.25, 0.3) is 0 Å². The maximum absolute atomic E-state index is 12.1. The van der Waals surface area contributed by atoms with Gasteiger partial charge < -0.3 is 15.8 Å². The second-order valence-corrected chi connectivity index (χ2v) is 4.57. The average molecular weight is 260 g/mol. The van der Waals surface area contributed by atoms with Crippen molar-refractivity contribution in [2.24, 2.45) is 11.1 Å². The van der Waals surface area contributed by atoms with E-state index in [1.165, 1.54) is 0 Å². The third kappa shape index (κ3) is 4.24. The predicted molar refractivity (Wildman–Crippen MR) is 73.9 cm³/mol. The second kappa shape index (κ2) is 7.61. The molecule has 17 heavy (non-hydrogen) atoms. The van der Waals surface area contributed by atoms with Crippen LogP contribution in [0.15, 0.2) is 0 Å². The second-order valence-electron chi connectivity index (χ2n) is 4.13. The van der Waals surface area contributed by atoms with Crippen molar-refractivity contribution in [1.82, 2.24) is 5.32 Å². The van der Waals surface area contributed by atoms with Crippen molar-refractivity contribution in [3.05, 3.63) is 0 Å². The summed E-state index contributed by atoms with van der Waals surface area (Å²) < 4.78 is 5.35. The molecule has 1 amide bonds. The SMILES string of the molecule is CCOC(C)CNC(=O)C(CC)(CC)C(N)=S. The van der Waals surface area contributed by atoms with Crippen LogP contribution < -0.4 is 11.1 Å². The summed E-state index contributed by atoms with van der Waals surface area (Å²) in [5.41, 5.74) is 4.98. The van der Waals surface area contributed by atoms with E-state index in [4.69, 9.17) is 22.7 Å². The monoisotopic (exact) mass is 260 g/mol. The van der Waals surface area contributed by atoms with E-state index in [1.54, 1.807) is 0 Å². The molecule has 100 valence electrons. The molecule has 0 radical (unpaired) electrons. The topological polar surface area (TPSA) is 64.3 Å². The summed E-state index contributed by atoms with van der Waals surface area (Å²) in [5, 5.41) is 2.86. The summed E-state index contributed by atoms with van der Waals surface area (Å²) in [7, 11) is 0. The standard InChI is InChI=1S/C12H24N2O2S/c1-5-12(6-2,10(13)17)11(15)14-8-9(4)16-7-3/h9H,5-8H2,1-4H3,(H2,13,17)(H,14,15). The molecular weight excluding hydrogens is 236 g/mol. The lowest BCUT2D eigenvalue weighted by Crippen LogP contribution is -2.49. The number of nitrogens with two attached hydrogens (primary N) is 1. The lowest BCUT2D eigenvalue weighted by Gasteiger charge is -2.29. The predicted octanol–water partition coefficient (Wildman–Crippen LogP) is 1.62. The molecule has 5 heteroatoms. The number of ether oxygens (including phenoxy) is 1. The van der Waals surface area contributed by atoms with Crippen molar-refractivity contribution in [2.45, 2.75) is 46.6 Å². The first kappa shape index (κ1) is 16.3. The number of nitrogens with one attached hydrogen (secondary N) is 1. The first-order chi connectivity index (χ1) is 7.94. The molecule has 0 saturated heterocycles. The fourth-order valence-electron chi connectivity index (χ4n) is 1.78. The summed E-state index contributed by atoms with van der Waals surface area (Å²) in [6.45, 7) is 8.82. The van der Waals surface area contributed by atoms with Crippen LogP contribution >= 0.6 is 12.2 Å². The Kier molecular flexibility index (Phi) is 7.30. The molecule has 1 atom stereocenters. The highest BCUT2D eigenvalue weighted by Gasteiger charge is 2.37. The molecule has 0 heterocycles. The molecule has 0 aliphatic rings. The van der Waals surface area contributed by atoms with Crippen LogP contribution in [0.2, 0.25) is 0 Å². The van der Waals surface area contributed by atoms with Crippen LogP contribution in [0.25, 0.3) is 0 Å². The molecule has 0 saturated carbocycles. The van der Waals surface area contributed by atoms with Gasteiger partial charge in [0.15, 0.2) is 0 Å². The number of amides is 1. The number of thiocarbonyl (C=S) groups is 1. The minimum atomic E-state index is -0.721. The van der Waals surface area contributed by atoms with Gasteiger partial charge in [0, 0.05) is 13.2 Å². The van der Waals surface area contributed by atoms with E-state index in [0.29, 0.717) is 26.0 Å². The molecular formula is C12H24N2O2S. The third-order valence-electron chi connectivity index (χ3n) is 3.11. The van der Waals surface area contributed by atoms with E-state index in [0.717, 1.165) is 0 Å². The Morgan fingerprint density at radius 3 is 2.29 bits per heavy atom. The van der Waals surface area contributed by atoms with Gasteiger partial charge in [0.05, 0.1) is 16.5 Å². The number of carbonyl (C=O) groups is 1. The Bertz CT molecular complexity index is 265. The van der Waals surface area contributed by atoms with E-state index in [1.807, 2.05) is 27.7 Å². The van der Waals surface area contributed by atoms with Gasteiger partial charge in [-0.2, -0.15) is 0 Å². The van der Waals surface area contributed by atoms with Gasteiger partial charge in [-0.25, -0.2) is 0 Å². The molecule has 0 aromatic carbocycles. The van der Waals surface area contributed by atoms with Crippen LogP contribution in [0.4, 0.5) is 0 Å². The van der Waals surface area contributed by atoms with Gasteiger partial charge in [-0.05, 0) is 26.7 Å². The molecule has 0 fully saturated rings. The summed E-state index contributed by atoms with van der Waals surface area (Å²) in [6, 6.07) is 0. The normalized spacial score (nSPS) is 13.2. The lowest BCUT2D eigenvalue weighted by molar-refractivity contribution is -0.128. The maximum atomic E-state index is 12.1. The highest BCUT2D eigenvalue weighted by atomic mass is 32.1. The van der Waals surface area contributed by atoms with E-state index < -0.39 is 5.41 Å². The van der Waals surface area contributed by atoms with Gasteiger partial charge in [0.1, 0.15) is 0 Å². The molecule has 0 aliphatic carbocycles. The average Bonchev–Trinajstić information content (AvgIpc) is 2.28. The Morgan fingerprint density at radius 1 is 1.41 bits per heavy atom. The molecule has 0 aliphatic heterocycles. The van der Waals surface area contributed by atoms with E-state index in [-0.39, 0.29) is 17.0 Å². The van der Waals surface area contributed by atoms with Crippen molar-refractivity contribution in [2.75, 3.05) is 13.2 Å². The number of carbonyl (C=O) groups excluding carboxylic acids is 1. The molecule has 0 aromatic rings. The van der Waals surface area contributed by atoms with Crippen LogP contribution in [0.5, 0.6) is 0 Å². The van der Waals surface area contributed by atoms with E-state index in [9.17, 15) is 4.79 Å². The Balaban J connectivity index is 4.50. The Morgan fingerprint density at radius 2 is 1.94 bits per heavy atom. The molecule has 4 nitrogen and oxygen atoms in total. The van der Waals surface area contributed by atoms with Gasteiger partial charge in [-0.15, -0.1) is 0 Å². The molecule has 1 unspecified atom stereocenters. The van der Waals surface area contributed by atoms with Crippen molar-refractivity contribution < 1.29 is 9.53 Å². The summed E-state index contributed by atoms with van der Waals surface area (Å²) in [4.78, 5) is 12.4. The number of hydrogen-bond donors (Lipinski definition) is 2. The number of hydrogen-bond acceptors (Lipinski definition) is 3. The summed E-state index contributed by atoms with van der Waals surface area (Å²) in [6.07, 6.45) is 1.24. The van der Waals surface area contributed by atoms with Crippen molar-refractivity contribution >= 4 is 23.1 Å². The fourth-order valence-corrected chi connectivity index (χ4v) is 2.16. The van der Waals surface area contributed by atoms with Crippen molar-refractivity contribution in [3.8, 4) is 0 Å². The Hall–Kier alpha value is -0.680. The first-order valence-corrected chi connectivity index (χ1v) is 6.55. The largest absolute Gasteiger partial charge is 0.392 e. The summed E-state index contributed by atoms with van der Waals surface area (Å²) in [5.74, 6) is -0.0958. The Labute approximate surface area is 109 Å².